The summed E-state index contributed by atoms with van der Waals surface area (Å²) in [6.07, 6.45) is 2.21. The average Bonchev–Trinajstić information content (AvgIpc) is 2.59. The van der Waals surface area contributed by atoms with Crippen LogP contribution in [0.3, 0.4) is 0 Å². The minimum absolute atomic E-state index is 0.0342. The first-order chi connectivity index (χ1) is 12.8. The van der Waals surface area contributed by atoms with Crippen molar-refractivity contribution >= 4 is 28.2 Å². The fourth-order valence-corrected chi connectivity index (χ4v) is 3.41. The van der Waals surface area contributed by atoms with Crippen molar-refractivity contribution in [3.05, 3.63) is 45.2 Å². The molecule has 0 unspecified atom stereocenters. The van der Waals surface area contributed by atoms with E-state index in [1.807, 2.05) is 13.0 Å². The summed E-state index contributed by atoms with van der Waals surface area (Å²) in [5.41, 5.74) is 3.93. The molecular weight excluding hydrogens is 356 g/mol. The Hall–Kier alpha value is -1.92. The molecule has 0 amide bonds. The molecule has 1 aromatic carbocycles. The molecule has 0 saturated heterocycles. The van der Waals surface area contributed by atoms with Gasteiger partial charge in [0.05, 0.1) is 39.2 Å². The fourth-order valence-electron chi connectivity index (χ4n) is 3.15. The standard InChI is InChI=1S/C21H32N4OS/c1-6-7-8-22-21(27)25(10-9-24(4)5)14-18-13-17-12-15(2)11-16(3)19(17)23-20(18)26/h11-13H,6-10,14H2,1-5H3,(H,22,27)(H,23,26)/p+1. The number of fused-ring (bicyclic) bond motifs is 1. The van der Waals surface area contributed by atoms with Crippen LogP contribution in [0.1, 0.15) is 36.5 Å². The molecule has 0 aliphatic heterocycles. The number of quaternary nitrogens is 1. The van der Waals surface area contributed by atoms with Crippen molar-refractivity contribution in [1.29, 1.82) is 0 Å². The summed E-state index contributed by atoms with van der Waals surface area (Å²) in [6, 6.07) is 6.23. The van der Waals surface area contributed by atoms with Crippen LogP contribution in [0.15, 0.2) is 23.0 Å². The molecule has 0 radical (unpaired) electrons. The van der Waals surface area contributed by atoms with E-state index in [1.54, 1.807) is 0 Å². The van der Waals surface area contributed by atoms with Crippen LogP contribution in [0.5, 0.6) is 0 Å². The number of H-pyrrole nitrogens is 1. The Balaban J connectivity index is 2.28. The van der Waals surface area contributed by atoms with E-state index in [9.17, 15) is 4.79 Å². The molecule has 0 fully saturated rings. The number of aryl methyl sites for hydroxylation is 2. The molecule has 1 aromatic heterocycles. The van der Waals surface area contributed by atoms with Crippen LogP contribution >= 0.6 is 12.2 Å². The Morgan fingerprint density at radius 3 is 2.67 bits per heavy atom. The highest BCUT2D eigenvalue weighted by molar-refractivity contribution is 7.80. The predicted octanol–water partition coefficient (Wildman–Crippen LogP) is 1.77. The normalized spacial score (nSPS) is 11.2. The first-order valence-corrected chi connectivity index (χ1v) is 10.2. The van der Waals surface area contributed by atoms with E-state index in [4.69, 9.17) is 12.2 Å². The molecule has 148 valence electrons. The number of hydrogen-bond donors (Lipinski definition) is 3. The number of hydrogen-bond acceptors (Lipinski definition) is 2. The van der Waals surface area contributed by atoms with Crippen LogP contribution in [0.25, 0.3) is 10.9 Å². The quantitative estimate of drug-likeness (QED) is 0.476. The number of thiocarbonyl (C=S) groups is 1. The number of aromatic nitrogens is 1. The van der Waals surface area contributed by atoms with Gasteiger partial charge in [-0.25, -0.2) is 0 Å². The van der Waals surface area contributed by atoms with Crippen molar-refractivity contribution in [2.24, 2.45) is 0 Å². The van der Waals surface area contributed by atoms with E-state index in [0.717, 1.165) is 59.6 Å². The first kappa shape index (κ1) is 21.4. The van der Waals surface area contributed by atoms with Gasteiger partial charge in [-0.3, -0.25) is 4.79 Å². The Bertz CT molecular complexity index is 844. The Labute approximate surface area is 167 Å². The second-order valence-electron chi connectivity index (χ2n) is 7.63. The highest BCUT2D eigenvalue weighted by Gasteiger charge is 2.15. The van der Waals surface area contributed by atoms with Gasteiger partial charge < -0.3 is 20.1 Å². The second kappa shape index (κ2) is 9.85. The topological polar surface area (TPSA) is 52.6 Å². The molecule has 0 bridgehead atoms. The maximum atomic E-state index is 12.7. The Kier molecular flexibility index (Phi) is 7.80. The van der Waals surface area contributed by atoms with Crippen molar-refractivity contribution < 1.29 is 4.90 Å². The molecule has 1 heterocycles. The van der Waals surface area contributed by atoms with Gasteiger partial charge in [-0.2, -0.15) is 0 Å². The summed E-state index contributed by atoms with van der Waals surface area (Å²) >= 11 is 5.61. The molecule has 2 aromatic rings. The number of benzene rings is 1. The third-order valence-electron chi connectivity index (χ3n) is 4.71. The van der Waals surface area contributed by atoms with E-state index in [0.29, 0.717) is 6.54 Å². The molecule has 0 aliphatic rings. The number of likely N-dealkylation sites (N-methyl/N-ethyl adjacent to an activating group) is 1. The molecular formula is C21H33N4OS+. The summed E-state index contributed by atoms with van der Waals surface area (Å²) in [5, 5.41) is 5.14. The lowest BCUT2D eigenvalue weighted by atomic mass is 10.1. The highest BCUT2D eigenvalue weighted by atomic mass is 32.1. The number of nitrogens with one attached hydrogen (secondary N) is 3. The van der Waals surface area contributed by atoms with Gasteiger partial charge in [0.15, 0.2) is 5.11 Å². The zero-order valence-electron chi connectivity index (χ0n) is 17.2. The average molecular weight is 390 g/mol. The zero-order valence-corrected chi connectivity index (χ0v) is 18.1. The summed E-state index contributed by atoms with van der Waals surface area (Å²) in [4.78, 5) is 19.2. The van der Waals surface area contributed by atoms with E-state index >= 15 is 0 Å². The van der Waals surface area contributed by atoms with E-state index in [2.05, 4.69) is 55.3 Å². The summed E-state index contributed by atoms with van der Waals surface area (Å²) in [7, 11) is 4.25. The van der Waals surface area contributed by atoms with Gasteiger partial charge >= 0.3 is 0 Å². The first-order valence-electron chi connectivity index (χ1n) is 9.76. The highest BCUT2D eigenvalue weighted by Crippen LogP contribution is 2.18. The van der Waals surface area contributed by atoms with Crippen LogP contribution in [0.2, 0.25) is 0 Å². The second-order valence-corrected chi connectivity index (χ2v) is 8.02. The number of unbranched alkanes of at least 4 members (excludes halogenated alkanes) is 1. The van der Waals surface area contributed by atoms with Gasteiger partial charge in [0.25, 0.3) is 5.56 Å². The lowest BCUT2D eigenvalue weighted by Crippen LogP contribution is -3.06. The minimum Gasteiger partial charge on any atom is -0.363 e. The van der Waals surface area contributed by atoms with Gasteiger partial charge in [-0.1, -0.05) is 25.0 Å². The smallest absolute Gasteiger partial charge is 0.253 e. The maximum absolute atomic E-state index is 12.7. The number of pyridine rings is 1. The van der Waals surface area contributed by atoms with Crippen LogP contribution in [0.4, 0.5) is 0 Å². The van der Waals surface area contributed by atoms with Crippen LogP contribution in [0, 0.1) is 13.8 Å². The molecule has 0 spiro atoms. The molecule has 6 heteroatoms. The number of nitrogens with zero attached hydrogens (tertiary/aromatic N) is 1. The van der Waals surface area contributed by atoms with E-state index < -0.39 is 0 Å². The molecule has 0 aliphatic carbocycles. The van der Waals surface area contributed by atoms with Crippen LogP contribution in [-0.2, 0) is 6.54 Å². The lowest BCUT2D eigenvalue weighted by molar-refractivity contribution is -0.857. The summed E-state index contributed by atoms with van der Waals surface area (Å²) in [6.45, 7) is 9.43. The largest absolute Gasteiger partial charge is 0.363 e. The van der Waals surface area contributed by atoms with Crippen LogP contribution < -0.4 is 15.8 Å². The van der Waals surface area contributed by atoms with E-state index in [1.165, 1.54) is 10.5 Å². The molecule has 0 atom stereocenters. The van der Waals surface area contributed by atoms with Crippen molar-refractivity contribution in [3.63, 3.8) is 0 Å². The van der Waals surface area contributed by atoms with Gasteiger partial charge in [0.2, 0.25) is 0 Å². The van der Waals surface area contributed by atoms with E-state index in [-0.39, 0.29) is 5.56 Å². The van der Waals surface area contributed by atoms with Crippen molar-refractivity contribution in [3.8, 4) is 0 Å². The predicted molar refractivity (Wildman–Crippen MR) is 118 cm³/mol. The van der Waals surface area contributed by atoms with Crippen LogP contribution in [-0.4, -0.2) is 48.7 Å². The van der Waals surface area contributed by atoms with Crippen molar-refractivity contribution in [2.45, 2.75) is 40.2 Å². The van der Waals surface area contributed by atoms with Gasteiger partial charge in [0, 0.05) is 12.1 Å². The minimum atomic E-state index is -0.0342. The number of aromatic amines is 1. The monoisotopic (exact) mass is 389 g/mol. The summed E-state index contributed by atoms with van der Waals surface area (Å²) in [5.74, 6) is 0. The van der Waals surface area contributed by atoms with Gasteiger partial charge in [-0.15, -0.1) is 0 Å². The van der Waals surface area contributed by atoms with Crippen molar-refractivity contribution in [1.82, 2.24) is 15.2 Å². The lowest BCUT2D eigenvalue weighted by Gasteiger charge is -2.26. The molecule has 5 nitrogen and oxygen atoms in total. The SMILES string of the molecule is CCCCNC(=S)N(CC[NH+](C)C)Cc1cc2cc(C)cc(C)c2[nH]c1=O. The number of rotatable bonds is 8. The third kappa shape index (κ3) is 6.04. The maximum Gasteiger partial charge on any atom is 0.253 e. The Morgan fingerprint density at radius 1 is 1.26 bits per heavy atom. The molecule has 3 N–H and O–H groups in total. The van der Waals surface area contributed by atoms with Crippen molar-refractivity contribution in [2.75, 3.05) is 33.7 Å². The fraction of sp³-hybridized carbons (Fsp3) is 0.524. The molecule has 27 heavy (non-hydrogen) atoms. The third-order valence-corrected chi connectivity index (χ3v) is 5.11. The Morgan fingerprint density at radius 2 is 2.00 bits per heavy atom. The zero-order chi connectivity index (χ0) is 20.0. The summed E-state index contributed by atoms with van der Waals surface area (Å²) < 4.78 is 0. The van der Waals surface area contributed by atoms with Gasteiger partial charge in [-0.05, 0) is 55.6 Å². The molecule has 2 rings (SSSR count). The van der Waals surface area contributed by atoms with Gasteiger partial charge in [0.1, 0.15) is 0 Å². The molecule has 0 saturated carbocycles.